The Bertz CT molecular complexity index is 392. The molecular formula is C11H14BrFN2O. The highest BCUT2D eigenvalue weighted by Gasteiger charge is 2.35. The van der Waals surface area contributed by atoms with Gasteiger partial charge < -0.3 is 10.8 Å². The molecule has 88 valence electrons. The lowest BCUT2D eigenvalue weighted by Gasteiger charge is -2.35. The van der Waals surface area contributed by atoms with Gasteiger partial charge in [-0.05, 0) is 47.7 Å². The zero-order chi connectivity index (χ0) is 11.8. The van der Waals surface area contributed by atoms with Crippen LogP contribution in [0, 0.1) is 5.95 Å². The number of aliphatic hydroxyl groups excluding tert-OH is 1. The lowest BCUT2D eigenvalue weighted by atomic mass is 9.77. The van der Waals surface area contributed by atoms with Crippen molar-refractivity contribution in [2.75, 3.05) is 0 Å². The lowest BCUT2D eigenvalue weighted by Crippen LogP contribution is -2.42. The second-order valence-electron chi connectivity index (χ2n) is 4.38. The van der Waals surface area contributed by atoms with Crippen molar-refractivity contribution in [1.29, 1.82) is 0 Å². The van der Waals surface area contributed by atoms with Crippen molar-refractivity contribution in [2.45, 2.75) is 37.3 Å². The molecule has 1 aliphatic rings. The molecule has 0 unspecified atom stereocenters. The molecular weight excluding hydrogens is 275 g/mol. The maximum Gasteiger partial charge on any atom is 0.217 e. The SMILES string of the molecule is NC1(c2cc(Br)cnc2F)CCC(O)CC1. The normalized spacial score (nSPS) is 30.4. The molecule has 1 aromatic rings. The van der Waals surface area contributed by atoms with Gasteiger partial charge in [0.2, 0.25) is 5.95 Å². The molecule has 0 atom stereocenters. The highest BCUT2D eigenvalue weighted by molar-refractivity contribution is 9.10. The minimum Gasteiger partial charge on any atom is -0.393 e. The Morgan fingerprint density at radius 1 is 1.50 bits per heavy atom. The molecule has 1 heterocycles. The fourth-order valence-corrected chi connectivity index (χ4v) is 2.49. The minimum atomic E-state index is -0.694. The summed E-state index contributed by atoms with van der Waals surface area (Å²) in [5.41, 5.74) is 5.94. The number of hydrogen-bond acceptors (Lipinski definition) is 3. The molecule has 0 bridgehead atoms. The predicted molar refractivity (Wildman–Crippen MR) is 62.2 cm³/mol. The number of aliphatic hydroxyl groups is 1. The standard InChI is InChI=1S/C11H14BrFN2O/c12-7-5-9(10(13)15-6-7)11(14)3-1-8(16)2-4-11/h5-6,8,16H,1-4,14H2. The monoisotopic (exact) mass is 288 g/mol. The summed E-state index contributed by atoms with van der Waals surface area (Å²) in [7, 11) is 0. The van der Waals surface area contributed by atoms with E-state index < -0.39 is 11.5 Å². The largest absolute Gasteiger partial charge is 0.393 e. The highest BCUT2D eigenvalue weighted by atomic mass is 79.9. The first-order chi connectivity index (χ1) is 7.51. The van der Waals surface area contributed by atoms with Gasteiger partial charge in [0.1, 0.15) is 0 Å². The van der Waals surface area contributed by atoms with Crippen molar-refractivity contribution >= 4 is 15.9 Å². The van der Waals surface area contributed by atoms with Crippen LogP contribution < -0.4 is 5.73 Å². The van der Waals surface area contributed by atoms with E-state index in [1.165, 1.54) is 6.20 Å². The average Bonchev–Trinajstić information content (AvgIpc) is 2.26. The molecule has 0 aromatic carbocycles. The van der Waals surface area contributed by atoms with E-state index >= 15 is 0 Å². The molecule has 3 N–H and O–H groups in total. The Kier molecular flexibility index (Phi) is 3.28. The molecule has 0 saturated heterocycles. The number of pyridine rings is 1. The minimum absolute atomic E-state index is 0.306. The summed E-state index contributed by atoms with van der Waals surface area (Å²) in [4.78, 5) is 3.66. The molecule has 1 saturated carbocycles. The summed E-state index contributed by atoms with van der Waals surface area (Å²) in [5.74, 6) is -0.512. The summed E-state index contributed by atoms with van der Waals surface area (Å²) in [6.45, 7) is 0. The van der Waals surface area contributed by atoms with Crippen LogP contribution in [0.3, 0.4) is 0 Å². The van der Waals surface area contributed by atoms with Crippen molar-refractivity contribution in [1.82, 2.24) is 4.98 Å². The maximum atomic E-state index is 13.6. The molecule has 0 radical (unpaired) electrons. The lowest BCUT2D eigenvalue weighted by molar-refractivity contribution is 0.0954. The third kappa shape index (κ3) is 2.26. The summed E-state index contributed by atoms with van der Waals surface area (Å²) in [5, 5.41) is 9.44. The van der Waals surface area contributed by atoms with Crippen molar-refractivity contribution in [3.63, 3.8) is 0 Å². The van der Waals surface area contributed by atoms with Crippen LogP contribution in [0.1, 0.15) is 31.2 Å². The van der Waals surface area contributed by atoms with Crippen LogP contribution in [0.5, 0.6) is 0 Å². The third-order valence-corrected chi connectivity index (χ3v) is 3.62. The van der Waals surface area contributed by atoms with Gasteiger partial charge in [-0.1, -0.05) is 0 Å². The van der Waals surface area contributed by atoms with E-state index in [0.29, 0.717) is 31.2 Å². The van der Waals surface area contributed by atoms with Crippen molar-refractivity contribution in [2.24, 2.45) is 5.73 Å². The zero-order valence-corrected chi connectivity index (χ0v) is 10.4. The van der Waals surface area contributed by atoms with Gasteiger partial charge in [-0.15, -0.1) is 0 Å². The first-order valence-corrected chi connectivity index (χ1v) is 6.09. The fourth-order valence-electron chi connectivity index (χ4n) is 2.16. The Balaban J connectivity index is 2.32. The molecule has 3 nitrogen and oxygen atoms in total. The van der Waals surface area contributed by atoms with Gasteiger partial charge >= 0.3 is 0 Å². The van der Waals surface area contributed by atoms with Crippen LogP contribution in [0.2, 0.25) is 0 Å². The van der Waals surface area contributed by atoms with Crippen molar-refractivity contribution < 1.29 is 9.50 Å². The van der Waals surface area contributed by atoms with Crippen molar-refractivity contribution in [3.05, 3.63) is 28.2 Å². The number of hydrogen-bond donors (Lipinski definition) is 2. The third-order valence-electron chi connectivity index (χ3n) is 3.19. The first-order valence-electron chi connectivity index (χ1n) is 5.30. The number of halogens is 2. The second-order valence-corrected chi connectivity index (χ2v) is 5.29. The number of nitrogens with two attached hydrogens (primary N) is 1. The molecule has 0 aliphatic heterocycles. The van der Waals surface area contributed by atoms with Gasteiger partial charge in [0.15, 0.2) is 0 Å². The number of aromatic nitrogens is 1. The van der Waals surface area contributed by atoms with Gasteiger partial charge in [-0.3, -0.25) is 0 Å². The van der Waals surface area contributed by atoms with Gasteiger partial charge in [0.25, 0.3) is 0 Å². The summed E-state index contributed by atoms with van der Waals surface area (Å²) in [6.07, 6.45) is 3.51. The number of rotatable bonds is 1. The molecule has 1 aromatic heterocycles. The summed E-state index contributed by atoms with van der Waals surface area (Å²) in [6, 6.07) is 1.68. The van der Waals surface area contributed by atoms with Crippen LogP contribution in [0.4, 0.5) is 4.39 Å². The van der Waals surface area contributed by atoms with E-state index in [1.807, 2.05) is 0 Å². The second kappa shape index (κ2) is 4.39. The summed E-state index contributed by atoms with van der Waals surface area (Å²) >= 11 is 3.26. The molecule has 0 amide bonds. The van der Waals surface area contributed by atoms with E-state index in [4.69, 9.17) is 5.73 Å². The molecule has 16 heavy (non-hydrogen) atoms. The topological polar surface area (TPSA) is 59.1 Å². The Labute approximate surface area is 102 Å². The molecule has 5 heteroatoms. The fraction of sp³-hybridized carbons (Fsp3) is 0.545. The van der Waals surface area contributed by atoms with Gasteiger partial charge in [-0.2, -0.15) is 4.39 Å². The Morgan fingerprint density at radius 3 is 2.75 bits per heavy atom. The van der Waals surface area contributed by atoms with Crippen LogP contribution in [-0.4, -0.2) is 16.2 Å². The molecule has 1 fully saturated rings. The van der Waals surface area contributed by atoms with Crippen molar-refractivity contribution in [3.8, 4) is 0 Å². The predicted octanol–water partition coefficient (Wildman–Crippen LogP) is 2.07. The van der Waals surface area contributed by atoms with E-state index in [9.17, 15) is 9.50 Å². The quantitative estimate of drug-likeness (QED) is 0.778. The Hall–Kier alpha value is -0.520. The molecule has 0 spiro atoms. The van der Waals surface area contributed by atoms with Crippen LogP contribution in [0.25, 0.3) is 0 Å². The van der Waals surface area contributed by atoms with Gasteiger partial charge in [0.05, 0.1) is 6.10 Å². The van der Waals surface area contributed by atoms with Gasteiger partial charge in [-0.25, -0.2) is 4.98 Å². The Morgan fingerprint density at radius 2 is 2.12 bits per heavy atom. The highest BCUT2D eigenvalue weighted by Crippen LogP contribution is 2.36. The smallest absolute Gasteiger partial charge is 0.217 e. The van der Waals surface area contributed by atoms with E-state index in [0.717, 1.165) is 4.47 Å². The van der Waals surface area contributed by atoms with Crippen LogP contribution in [0.15, 0.2) is 16.7 Å². The first kappa shape index (κ1) is 12.0. The van der Waals surface area contributed by atoms with Crippen LogP contribution >= 0.6 is 15.9 Å². The summed E-state index contributed by atoms with van der Waals surface area (Å²) < 4.78 is 14.3. The van der Waals surface area contributed by atoms with Crippen LogP contribution in [-0.2, 0) is 5.54 Å². The molecule has 2 rings (SSSR count). The average molecular weight is 289 g/mol. The van der Waals surface area contributed by atoms with E-state index in [2.05, 4.69) is 20.9 Å². The maximum absolute atomic E-state index is 13.6. The van der Waals surface area contributed by atoms with Gasteiger partial charge in [0, 0.05) is 21.8 Å². The zero-order valence-electron chi connectivity index (χ0n) is 8.79. The molecule has 1 aliphatic carbocycles. The van der Waals surface area contributed by atoms with E-state index in [1.54, 1.807) is 6.07 Å². The number of nitrogens with zero attached hydrogens (tertiary/aromatic N) is 1. The van der Waals surface area contributed by atoms with E-state index in [-0.39, 0.29) is 6.10 Å².